The Morgan fingerprint density at radius 3 is 2.32 bits per heavy atom. The Balaban J connectivity index is 2.80. The Kier molecular flexibility index (Phi) is 7.60. The van der Waals surface area contributed by atoms with Crippen LogP contribution < -0.4 is 0 Å². The molecule has 0 aromatic carbocycles. The summed E-state index contributed by atoms with van der Waals surface area (Å²) in [4.78, 5) is 8.92. The van der Waals surface area contributed by atoms with E-state index in [0.29, 0.717) is 13.2 Å². The molecule has 0 radical (unpaired) electrons. The van der Waals surface area contributed by atoms with Gasteiger partial charge in [0.1, 0.15) is 11.5 Å². The van der Waals surface area contributed by atoms with Crippen LogP contribution in [0, 0.1) is 6.92 Å². The third-order valence-corrected chi connectivity index (χ3v) is 2.82. The van der Waals surface area contributed by atoms with Crippen molar-refractivity contribution in [3.05, 3.63) is 23.3 Å². The SMILES string of the molecule is CCCCCc1cc(C(OCC)OCC)nc(C)n1. The van der Waals surface area contributed by atoms with Crippen molar-refractivity contribution in [3.8, 4) is 0 Å². The molecule has 19 heavy (non-hydrogen) atoms. The van der Waals surface area contributed by atoms with Crippen LogP contribution in [0.15, 0.2) is 6.07 Å². The van der Waals surface area contributed by atoms with Crippen LogP contribution in [0.25, 0.3) is 0 Å². The molecule has 0 aliphatic carbocycles. The molecule has 0 aliphatic heterocycles. The fraction of sp³-hybridized carbons (Fsp3) is 0.733. The van der Waals surface area contributed by atoms with Gasteiger partial charge in [-0.1, -0.05) is 19.8 Å². The zero-order chi connectivity index (χ0) is 14.1. The van der Waals surface area contributed by atoms with Crippen LogP contribution in [0.2, 0.25) is 0 Å². The van der Waals surface area contributed by atoms with Crippen molar-refractivity contribution in [3.63, 3.8) is 0 Å². The normalized spacial score (nSPS) is 11.2. The van der Waals surface area contributed by atoms with Crippen LogP contribution in [-0.2, 0) is 15.9 Å². The molecule has 0 fully saturated rings. The molecular weight excluding hydrogens is 240 g/mol. The lowest BCUT2D eigenvalue weighted by Gasteiger charge is -2.17. The molecule has 4 nitrogen and oxygen atoms in total. The van der Waals surface area contributed by atoms with Crippen LogP contribution in [-0.4, -0.2) is 23.2 Å². The quantitative estimate of drug-likeness (QED) is 0.506. The number of aryl methyl sites for hydroxylation is 2. The molecule has 4 heteroatoms. The van der Waals surface area contributed by atoms with Gasteiger partial charge in [0, 0.05) is 18.9 Å². The van der Waals surface area contributed by atoms with Gasteiger partial charge in [-0.2, -0.15) is 0 Å². The third-order valence-electron chi connectivity index (χ3n) is 2.82. The highest BCUT2D eigenvalue weighted by Gasteiger charge is 2.14. The first kappa shape index (κ1) is 16.1. The van der Waals surface area contributed by atoms with Gasteiger partial charge >= 0.3 is 0 Å². The van der Waals surface area contributed by atoms with Gasteiger partial charge in [0.05, 0.1) is 0 Å². The van der Waals surface area contributed by atoms with E-state index in [1.165, 1.54) is 19.3 Å². The molecule has 0 unspecified atom stereocenters. The Morgan fingerprint density at radius 1 is 1.05 bits per heavy atom. The summed E-state index contributed by atoms with van der Waals surface area (Å²) >= 11 is 0. The van der Waals surface area contributed by atoms with Gasteiger partial charge in [-0.25, -0.2) is 9.97 Å². The highest BCUT2D eigenvalue weighted by atomic mass is 16.7. The van der Waals surface area contributed by atoms with Crippen molar-refractivity contribution in [2.24, 2.45) is 0 Å². The monoisotopic (exact) mass is 266 g/mol. The topological polar surface area (TPSA) is 44.2 Å². The van der Waals surface area contributed by atoms with E-state index in [0.717, 1.165) is 23.6 Å². The van der Waals surface area contributed by atoms with Gasteiger partial charge in [0.15, 0.2) is 0 Å². The fourth-order valence-corrected chi connectivity index (χ4v) is 1.98. The van der Waals surface area contributed by atoms with Crippen molar-refractivity contribution >= 4 is 0 Å². The van der Waals surface area contributed by atoms with E-state index in [2.05, 4.69) is 16.9 Å². The number of hydrogen-bond donors (Lipinski definition) is 0. The number of aromatic nitrogens is 2. The third kappa shape index (κ3) is 5.66. The maximum atomic E-state index is 5.59. The molecule has 1 aromatic heterocycles. The first-order valence-electron chi connectivity index (χ1n) is 7.28. The highest BCUT2D eigenvalue weighted by molar-refractivity contribution is 5.12. The Hall–Kier alpha value is -1.00. The van der Waals surface area contributed by atoms with Gasteiger partial charge in [-0.05, 0) is 39.7 Å². The smallest absolute Gasteiger partial charge is 0.201 e. The van der Waals surface area contributed by atoms with E-state index in [1.807, 2.05) is 26.8 Å². The number of rotatable bonds is 9. The molecule has 108 valence electrons. The predicted octanol–water partition coefficient (Wildman–Crippen LogP) is 3.59. The van der Waals surface area contributed by atoms with E-state index in [1.54, 1.807) is 0 Å². The summed E-state index contributed by atoms with van der Waals surface area (Å²) in [6.07, 6.45) is 4.24. The van der Waals surface area contributed by atoms with Crippen LogP contribution in [0.3, 0.4) is 0 Å². The maximum Gasteiger partial charge on any atom is 0.201 e. The van der Waals surface area contributed by atoms with Crippen molar-refractivity contribution in [2.75, 3.05) is 13.2 Å². The van der Waals surface area contributed by atoms with Crippen molar-refractivity contribution in [1.29, 1.82) is 0 Å². The summed E-state index contributed by atoms with van der Waals surface area (Å²) in [5.41, 5.74) is 1.92. The number of unbranched alkanes of at least 4 members (excludes halogenated alkanes) is 2. The first-order chi connectivity index (χ1) is 9.21. The zero-order valence-electron chi connectivity index (χ0n) is 12.6. The molecule has 0 bridgehead atoms. The lowest BCUT2D eigenvalue weighted by molar-refractivity contribution is -0.142. The van der Waals surface area contributed by atoms with E-state index < -0.39 is 0 Å². The second-order valence-corrected chi connectivity index (χ2v) is 4.53. The van der Waals surface area contributed by atoms with Crippen LogP contribution >= 0.6 is 0 Å². The lowest BCUT2D eigenvalue weighted by Crippen LogP contribution is -2.12. The first-order valence-corrected chi connectivity index (χ1v) is 7.28. The van der Waals surface area contributed by atoms with Crippen molar-refractivity contribution in [1.82, 2.24) is 9.97 Å². The van der Waals surface area contributed by atoms with Crippen LogP contribution in [0.1, 0.15) is 63.5 Å². The summed E-state index contributed by atoms with van der Waals surface area (Å²) in [6.45, 7) is 9.26. The van der Waals surface area contributed by atoms with Crippen molar-refractivity contribution < 1.29 is 9.47 Å². The minimum Gasteiger partial charge on any atom is -0.347 e. The Bertz CT molecular complexity index is 363. The number of nitrogens with zero attached hydrogens (tertiary/aromatic N) is 2. The summed E-state index contributed by atoms with van der Waals surface area (Å²) in [6, 6.07) is 2.01. The Morgan fingerprint density at radius 2 is 1.74 bits per heavy atom. The molecule has 0 saturated heterocycles. The van der Waals surface area contributed by atoms with Crippen molar-refractivity contribution in [2.45, 2.75) is 59.7 Å². The second kappa shape index (κ2) is 8.99. The molecule has 1 rings (SSSR count). The molecule has 0 atom stereocenters. The van der Waals surface area contributed by atoms with E-state index in [-0.39, 0.29) is 6.29 Å². The minimum atomic E-state index is -0.373. The van der Waals surface area contributed by atoms with Gasteiger partial charge in [0.2, 0.25) is 6.29 Å². The molecule has 0 aliphatic rings. The van der Waals surface area contributed by atoms with E-state index in [4.69, 9.17) is 9.47 Å². The van der Waals surface area contributed by atoms with E-state index >= 15 is 0 Å². The van der Waals surface area contributed by atoms with Crippen LogP contribution in [0.5, 0.6) is 0 Å². The predicted molar refractivity (Wildman–Crippen MR) is 76.0 cm³/mol. The summed E-state index contributed by atoms with van der Waals surface area (Å²) in [5.74, 6) is 0.786. The highest BCUT2D eigenvalue weighted by Crippen LogP contribution is 2.18. The molecule has 0 saturated carbocycles. The van der Waals surface area contributed by atoms with Gasteiger partial charge in [-0.3, -0.25) is 0 Å². The number of ether oxygens (including phenoxy) is 2. The number of hydrogen-bond acceptors (Lipinski definition) is 4. The van der Waals surface area contributed by atoms with Gasteiger partial charge in [-0.15, -0.1) is 0 Å². The summed E-state index contributed by atoms with van der Waals surface area (Å²) in [5, 5.41) is 0. The second-order valence-electron chi connectivity index (χ2n) is 4.53. The van der Waals surface area contributed by atoms with E-state index in [9.17, 15) is 0 Å². The average Bonchev–Trinajstić information content (AvgIpc) is 2.38. The van der Waals surface area contributed by atoms with Crippen LogP contribution in [0.4, 0.5) is 0 Å². The summed E-state index contributed by atoms with van der Waals surface area (Å²) < 4.78 is 11.2. The molecule has 1 aromatic rings. The fourth-order valence-electron chi connectivity index (χ4n) is 1.98. The zero-order valence-corrected chi connectivity index (χ0v) is 12.6. The molecule has 0 spiro atoms. The maximum absolute atomic E-state index is 5.59. The Labute approximate surface area is 116 Å². The molecule has 0 amide bonds. The minimum absolute atomic E-state index is 0.373. The summed E-state index contributed by atoms with van der Waals surface area (Å²) in [7, 11) is 0. The molecule has 0 N–H and O–H groups in total. The van der Waals surface area contributed by atoms with Gasteiger partial charge < -0.3 is 9.47 Å². The lowest BCUT2D eigenvalue weighted by atomic mass is 10.1. The molecular formula is C15H26N2O2. The largest absolute Gasteiger partial charge is 0.347 e. The average molecular weight is 266 g/mol. The van der Waals surface area contributed by atoms with Gasteiger partial charge in [0.25, 0.3) is 0 Å². The standard InChI is InChI=1S/C15H26N2O2/c1-5-8-9-10-13-11-14(17-12(4)16-13)15(18-6-2)19-7-3/h11,15H,5-10H2,1-4H3. The molecule has 1 heterocycles.